The minimum absolute atomic E-state index is 0.000956. The lowest BCUT2D eigenvalue weighted by Gasteiger charge is -2.42. The zero-order valence-corrected chi connectivity index (χ0v) is 22.6. The molecule has 5 nitrogen and oxygen atoms in total. The number of rotatable bonds is 10. The average molecular weight is 593 g/mol. The van der Waals surface area contributed by atoms with E-state index in [2.05, 4.69) is 4.90 Å². The largest absolute Gasteiger partial charge is 0.489 e. The Bertz CT molecular complexity index is 1330. The van der Waals surface area contributed by atoms with E-state index in [9.17, 15) is 36.7 Å². The van der Waals surface area contributed by atoms with Crippen molar-refractivity contribution < 1.29 is 40.9 Å². The van der Waals surface area contributed by atoms with Gasteiger partial charge in [-0.05, 0) is 67.4 Å². The minimum atomic E-state index is -4.93. The number of β-amino-alcohol motifs (C(OH)–C–C–N with tert-alkyl or cyclic N) is 1. The van der Waals surface area contributed by atoms with E-state index in [1.165, 1.54) is 0 Å². The molecule has 0 aromatic heterocycles. The molecule has 4 rings (SSSR count). The third-order valence-electron chi connectivity index (χ3n) is 7.40. The fraction of sp³-hybridized carbons (Fsp3) is 0.387. The zero-order chi connectivity index (χ0) is 30.4. The van der Waals surface area contributed by atoms with Crippen LogP contribution in [0.4, 0.5) is 26.3 Å². The SMILES string of the molecule is N#Cc1ccccc1OCC(O)CN1CCC(COCc2cc(C(F)(F)F)cc(C(F)(F)F)c2)(c2ccccc2)CC1. The van der Waals surface area contributed by atoms with Crippen molar-refractivity contribution in [2.24, 2.45) is 0 Å². The lowest BCUT2D eigenvalue weighted by molar-refractivity contribution is -0.143. The number of para-hydroxylation sites is 1. The number of nitrogens with zero attached hydrogens (tertiary/aromatic N) is 2. The van der Waals surface area contributed by atoms with E-state index >= 15 is 0 Å². The first kappa shape index (κ1) is 31.3. The Balaban J connectivity index is 1.40. The van der Waals surface area contributed by atoms with E-state index in [1.54, 1.807) is 24.3 Å². The molecule has 0 amide bonds. The highest BCUT2D eigenvalue weighted by Gasteiger charge is 2.38. The molecular formula is C31H30F6N2O3. The number of aliphatic hydroxyl groups is 1. The molecule has 1 heterocycles. The second-order valence-corrected chi connectivity index (χ2v) is 10.4. The van der Waals surface area contributed by atoms with Crippen LogP contribution in [0.15, 0.2) is 72.8 Å². The summed E-state index contributed by atoms with van der Waals surface area (Å²) in [7, 11) is 0. The van der Waals surface area contributed by atoms with Crippen molar-refractivity contribution in [2.75, 3.05) is 32.8 Å². The van der Waals surface area contributed by atoms with Crippen molar-refractivity contribution in [2.45, 2.75) is 43.3 Å². The maximum atomic E-state index is 13.3. The molecule has 1 aliphatic heterocycles. The second kappa shape index (κ2) is 13.2. The number of piperidine rings is 1. The molecule has 224 valence electrons. The number of halogens is 6. The summed E-state index contributed by atoms with van der Waals surface area (Å²) in [4.78, 5) is 2.06. The van der Waals surface area contributed by atoms with Gasteiger partial charge < -0.3 is 19.5 Å². The molecule has 1 atom stereocenters. The Kier molecular flexibility index (Phi) is 9.82. The first-order valence-electron chi connectivity index (χ1n) is 13.3. The highest BCUT2D eigenvalue weighted by atomic mass is 19.4. The third kappa shape index (κ3) is 8.03. The predicted octanol–water partition coefficient (Wildman–Crippen LogP) is 6.59. The van der Waals surface area contributed by atoms with Crippen LogP contribution in [0, 0.1) is 11.3 Å². The van der Waals surface area contributed by atoms with E-state index in [0.29, 0.717) is 55.9 Å². The van der Waals surface area contributed by atoms with E-state index in [1.807, 2.05) is 36.4 Å². The van der Waals surface area contributed by atoms with Crippen molar-refractivity contribution in [1.29, 1.82) is 5.26 Å². The van der Waals surface area contributed by atoms with Crippen molar-refractivity contribution in [3.63, 3.8) is 0 Å². The quantitative estimate of drug-likeness (QED) is 0.269. The Morgan fingerprint density at radius 1 is 0.881 bits per heavy atom. The molecule has 1 N–H and O–H groups in total. The standard InChI is InChI=1S/C31H30F6N2O3/c32-30(33,34)25-14-22(15-26(16-25)31(35,36)37)19-41-21-29(24-7-2-1-3-8-24)10-12-39(13-11-29)18-27(40)20-42-28-9-5-4-6-23(28)17-38/h1-9,14-16,27,40H,10-13,18-21H2. The first-order valence-corrected chi connectivity index (χ1v) is 13.3. The Hall–Kier alpha value is -3.59. The zero-order valence-electron chi connectivity index (χ0n) is 22.6. The van der Waals surface area contributed by atoms with Crippen molar-refractivity contribution in [3.05, 3.63) is 101 Å². The molecule has 3 aromatic carbocycles. The number of alkyl halides is 6. The van der Waals surface area contributed by atoms with Crippen LogP contribution in [0.25, 0.3) is 0 Å². The van der Waals surface area contributed by atoms with Gasteiger partial charge in [0.25, 0.3) is 0 Å². The highest BCUT2D eigenvalue weighted by molar-refractivity contribution is 5.42. The summed E-state index contributed by atoms with van der Waals surface area (Å²) in [5, 5.41) is 19.8. The van der Waals surface area contributed by atoms with E-state index in [4.69, 9.17) is 9.47 Å². The van der Waals surface area contributed by atoms with Crippen LogP contribution >= 0.6 is 0 Å². The van der Waals surface area contributed by atoms with Gasteiger partial charge in [0.05, 0.1) is 29.9 Å². The molecular weight excluding hydrogens is 562 g/mol. The monoisotopic (exact) mass is 592 g/mol. The average Bonchev–Trinajstić information content (AvgIpc) is 2.96. The summed E-state index contributed by atoms with van der Waals surface area (Å²) < 4.78 is 91.1. The number of benzene rings is 3. The fourth-order valence-corrected chi connectivity index (χ4v) is 5.16. The third-order valence-corrected chi connectivity index (χ3v) is 7.40. The number of likely N-dealkylation sites (tertiary alicyclic amines) is 1. The molecule has 11 heteroatoms. The molecule has 0 aliphatic carbocycles. The summed E-state index contributed by atoms with van der Waals surface area (Å²) in [5.74, 6) is 0.390. The van der Waals surface area contributed by atoms with Gasteiger partial charge in [0.1, 0.15) is 24.5 Å². The molecule has 0 spiro atoms. The van der Waals surface area contributed by atoms with Gasteiger partial charge in [-0.15, -0.1) is 0 Å². The molecule has 0 bridgehead atoms. The Labute approximate surface area is 239 Å². The van der Waals surface area contributed by atoms with Crippen LogP contribution in [-0.2, 0) is 29.1 Å². The van der Waals surface area contributed by atoms with Crippen LogP contribution in [0.1, 0.15) is 40.7 Å². The molecule has 1 unspecified atom stereocenters. The fourth-order valence-electron chi connectivity index (χ4n) is 5.16. The van der Waals surface area contributed by atoms with Gasteiger partial charge in [0.15, 0.2) is 0 Å². The topological polar surface area (TPSA) is 65.7 Å². The van der Waals surface area contributed by atoms with Crippen molar-refractivity contribution in [1.82, 2.24) is 4.90 Å². The number of hydrogen-bond acceptors (Lipinski definition) is 5. The van der Waals surface area contributed by atoms with E-state index in [0.717, 1.165) is 5.56 Å². The minimum Gasteiger partial charge on any atom is -0.489 e. The van der Waals surface area contributed by atoms with Crippen LogP contribution in [0.2, 0.25) is 0 Å². The maximum Gasteiger partial charge on any atom is 0.416 e. The smallest absolute Gasteiger partial charge is 0.416 e. The van der Waals surface area contributed by atoms with E-state index < -0.39 is 41.6 Å². The number of aliphatic hydroxyl groups excluding tert-OH is 1. The lowest BCUT2D eigenvalue weighted by Crippen LogP contribution is -2.47. The van der Waals surface area contributed by atoms with Crippen molar-refractivity contribution >= 4 is 0 Å². The maximum absolute atomic E-state index is 13.3. The van der Waals surface area contributed by atoms with Crippen LogP contribution < -0.4 is 4.74 Å². The molecule has 0 saturated carbocycles. The summed E-state index contributed by atoms with van der Waals surface area (Å²) >= 11 is 0. The second-order valence-electron chi connectivity index (χ2n) is 10.4. The number of ether oxygens (including phenoxy) is 2. The van der Waals surface area contributed by atoms with Crippen LogP contribution in [0.5, 0.6) is 5.75 Å². The van der Waals surface area contributed by atoms with Gasteiger partial charge in [-0.2, -0.15) is 31.6 Å². The summed E-state index contributed by atoms with van der Waals surface area (Å²) in [6.45, 7) is 1.16. The molecule has 0 radical (unpaired) electrons. The van der Waals surface area contributed by atoms with Crippen molar-refractivity contribution in [3.8, 4) is 11.8 Å². The Morgan fingerprint density at radius 2 is 1.48 bits per heavy atom. The highest BCUT2D eigenvalue weighted by Crippen LogP contribution is 2.38. The summed E-state index contributed by atoms with van der Waals surface area (Å²) in [6, 6.07) is 19.7. The van der Waals surface area contributed by atoms with Crippen LogP contribution in [-0.4, -0.2) is 49.0 Å². The van der Waals surface area contributed by atoms with Gasteiger partial charge in [-0.25, -0.2) is 0 Å². The molecule has 42 heavy (non-hydrogen) atoms. The molecule has 1 fully saturated rings. The predicted molar refractivity (Wildman–Crippen MR) is 143 cm³/mol. The van der Waals surface area contributed by atoms with Crippen LogP contribution in [0.3, 0.4) is 0 Å². The number of hydrogen-bond donors (Lipinski definition) is 1. The molecule has 3 aromatic rings. The van der Waals surface area contributed by atoms with Gasteiger partial charge in [0, 0.05) is 12.0 Å². The van der Waals surface area contributed by atoms with Gasteiger partial charge in [0.2, 0.25) is 0 Å². The lowest BCUT2D eigenvalue weighted by atomic mass is 9.73. The molecule has 1 aliphatic rings. The van der Waals surface area contributed by atoms with Gasteiger partial charge >= 0.3 is 12.4 Å². The Morgan fingerprint density at radius 3 is 2.07 bits per heavy atom. The van der Waals surface area contributed by atoms with Gasteiger partial charge in [-0.3, -0.25) is 0 Å². The van der Waals surface area contributed by atoms with Gasteiger partial charge in [-0.1, -0.05) is 42.5 Å². The summed E-state index contributed by atoms with van der Waals surface area (Å²) in [6.07, 6.45) is -9.48. The van der Waals surface area contributed by atoms with E-state index in [-0.39, 0.29) is 24.8 Å². The first-order chi connectivity index (χ1) is 19.9. The number of nitriles is 1. The summed E-state index contributed by atoms with van der Waals surface area (Å²) in [5.41, 5.74) is -2.14. The normalized spacial score (nSPS) is 16.5. The molecule has 1 saturated heterocycles.